The van der Waals surface area contributed by atoms with E-state index in [2.05, 4.69) is 10.2 Å². The highest BCUT2D eigenvalue weighted by Crippen LogP contribution is 1.97. The van der Waals surface area contributed by atoms with E-state index in [4.69, 9.17) is 5.11 Å². The standard InChI is InChI=1S/C12H25N3O3/c1-5-15(9-7-11(16)17)12(18)13-10(2)6-8-14(3)4/h10H,5-9H2,1-4H3,(H,13,18)(H,16,17). The molecule has 0 aromatic heterocycles. The van der Waals surface area contributed by atoms with Gasteiger partial charge < -0.3 is 20.2 Å². The van der Waals surface area contributed by atoms with E-state index < -0.39 is 5.97 Å². The molecular formula is C12H25N3O3. The number of nitrogens with one attached hydrogen (secondary N) is 1. The first-order chi connectivity index (χ1) is 8.36. The van der Waals surface area contributed by atoms with E-state index in [1.165, 1.54) is 4.90 Å². The van der Waals surface area contributed by atoms with Gasteiger partial charge in [0.2, 0.25) is 0 Å². The molecule has 0 aromatic rings. The van der Waals surface area contributed by atoms with Crippen LogP contribution < -0.4 is 5.32 Å². The van der Waals surface area contributed by atoms with Gasteiger partial charge in [-0.25, -0.2) is 4.79 Å². The van der Waals surface area contributed by atoms with Crippen molar-refractivity contribution in [2.45, 2.75) is 32.7 Å². The van der Waals surface area contributed by atoms with Gasteiger partial charge in [0.15, 0.2) is 0 Å². The second kappa shape index (κ2) is 8.74. The van der Waals surface area contributed by atoms with Gasteiger partial charge in [0.25, 0.3) is 0 Å². The molecule has 6 nitrogen and oxygen atoms in total. The summed E-state index contributed by atoms with van der Waals surface area (Å²) in [5.74, 6) is -0.887. The lowest BCUT2D eigenvalue weighted by Gasteiger charge is -2.24. The summed E-state index contributed by atoms with van der Waals surface area (Å²) in [6, 6.07) is -0.108. The fourth-order valence-electron chi connectivity index (χ4n) is 1.46. The molecule has 6 heteroatoms. The first-order valence-electron chi connectivity index (χ1n) is 6.28. The van der Waals surface area contributed by atoms with Crippen molar-refractivity contribution in [1.29, 1.82) is 0 Å². The Kier molecular flexibility index (Phi) is 8.11. The summed E-state index contributed by atoms with van der Waals surface area (Å²) in [6.45, 7) is 5.46. The smallest absolute Gasteiger partial charge is 0.317 e. The third-order valence-electron chi connectivity index (χ3n) is 2.64. The van der Waals surface area contributed by atoms with E-state index >= 15 is 0 Å². The van der Waals surface area contributed by atoms with Crippen LogP contribution in [0.4, 0.5) is 4.79 Å². The third-order valence-corrected chi connectivity index (χ3v) is 2.64. The topological polar surface area (TPSA) is 72.9 Å². The van der Waals surface area contributed by atoms with E-state index in [0.29, 0.717) is 6.54 Å². The van der Waals surface area contributed by atoms with Crippen LogP contribution in [0.25, 0.3) is 0 Å². The molecule has 0 rings (SSSR count). The number of nitrogens with zero attached hydrogens (tertiary/aromatic N) is 2. The number of urea groups is 1. The molecule has 0 saturated carbocycles. The minimum absolute atomic E-state index is 0.0205. The number of hydrogen-bond donors (Lipinski definition) is 2. The Hall–Kier alpha value is -1.30. The summed E-state index contributed by atoms with van der Waals surface area (Å²) < 4.78 is 0. The summed E-state index contributed by atoms with van der Waals surface area (Å²) >= 11 is 0. The SMILES string of the molecule is CCN(CCC(=O)O)C(=O)NC(C)CCN(C)C. The maximum Gasteiger partial charge on any atom is 0.317 e. The second-order valence-electron chi connectivity index (χ2n) is 4.67. The number of carboxylic acids is 1. The van der Waals surface area contributed by atoms with Gasteiger partial charge in [0.1, 0.15) is 0 Å². The van der Waals surface area contributed by atoms with Crippen LogP contribution in [0.2, 0.25) is 0 Å². The molecule has 0 saturated heterocycles. The molecule has 0 fully saturated rings. The van der Waals surface area contributed by atoms with Crippen molar-refractivity contribution >= 4 is 12.0 Å². The minimum atomic E-state index is -0.887. The summed E-state index contributed by atoms with van der Waals surface area (Å²) in [6.07, 6.45) is 0.850. The van der Waals surface area contributed by atoms with Crippen LogP contribution in [0.1, 0.15) is 26.7 Å². The van der Waals surface area contributed by atoms with Crippen molar-refractivity contribution < 1.29 is 14.7 Å². The van der Waals surface area contributed by atoms with Gasteiger partial charge in [-0.3, -0.25) is 4.79 Å². The molecule has 106 valence electrons. The van der Waals surface area contributed by atoms with Gasteiger partial charge in [0.05, 0.1) is 6.42 Å². The predicted octanol–water partition coefficient (Wildman–Crippen LogP) is 0.833. The lowest BCUT2D eigenvalue weighted by Crippen LogP contribution is -2.45. The largest absolute Gasteiger partial charge is 0.481 e. The zero-order valence-electron chi connectivity index (χ0n) is 11.8. The molecule has 1 atom stereocenters. The van der Waals surface area contributed by atoms with Gasteiger partial charge in [0, 0.05) is 19.1 Å². The molecule has 2 N–H and O–H groups in total. The molecule has 0 aliphatic rings. The quantitative estimate of drug-likeness (QED) is 0.677. The van der Waals surface area contributed by atoms with E-state index in [0.717, 1.165) is 13.0 Å². The van der Waals surface area contributed by atoms with Gasteiger partial charge in [-0.15, -0.1) is 0 Å². The van der Waals surface area contributed by atoms with Crippen molar-refractivity contribution in [3.05, 3.63) is 0 Å². The van der Waals surface area contributed by atoms with Gasteiger partial charge in [-0.05, 0) is 40.9 Å². The highest BCUT2D eigenvalue weighted by Gasteiger charge is 2.15. The summed E-state index contributed by atoms with van der Waals surface area (Å²) in [7, 11) is 3.97. The summed E-state index contributed by atoms with van der Waals surface area (Å²) in [5, 5.41) is 11.5. The maximum atomic E-state index is 11.9. The predicted molar refractivity (Wildman–Crippen MR) is 70.7 cm³/mol. The minimum Gasteiger partial charge on any atom is -0.481 e. The Bertz CT molecular complexity index is 269. The molecule has 0 bridgehead atoms. The fourth-order valence-corrected chi connectivity index (χ4v) is 1.46. The highest BCUT2D eigenvalue weighted by atomic mass is 16.4. The Morgan fingerprint density at radius 3 is 2.33 bits per heavy atom. The summed E-state index contributed by atoms with van der Waals surface area (Å²) in [5.41, 5.74) is 0. The van der Waals surface area contributed by atoms with E-state index in [1.807, 2.05) is 27.9 Å². The van der Waals surface area contributed by atoms with Crippen molar-refractivity contribution in [3.8, 4) is 0 Å². The van der Waals surface area contributed by atoms with Gasteiger partial charge in [-0.1, -0.05) is 0 Å². The number of rotatable bonds is 8. The Balaban J connectivity index is 4.05. The van der Waals surface area contributed by atoms with Crippen LogP contribution >= 0.6 is 0 Å². The number of carboxylic acid groups (broad SMARTS) is 1. The second-order valence-corrected chi connectivity index (χ2v) is 4.67. The van der Waals surface area contributed by atoms with Gasteiger partial charge >= 0.3 is 12.0 Å². The lowest BCUT2D eigenvalue weighted by atomic mass is 10.2. The summed E-state index contributed by atoms with van der Waals surface area (Å²) in [4.78, 5) is 25.9. The molecule has 1 unspecified atom stereocenters. The molecule has 0 heterocycles. The molecule has 2 amide bonds. The average Bonchev–Trinajstić information content (AvgIpc) is 2.26. The fraction of sp³-hybridized carbons (Fsp3) is 0.833. The number of aliphatic carboxylic acids is 1. The van der Waals surface area contributed by atoms with E-state index in [-0.39, 0.29) is 25.0 Å². The van der Waals surface area contributed by atoms with Crippen LogP contribution in [0.5, 0.6) is 0 Å². The molecule has 0 aromatic carbocycles. The average molecular weight is 259 g/mol. The first kappa shape index (κ1) is 16.7. The zero-order valence-corrected chi connectivity index (χ0v) is 11.8. The molecular weight excluding hydrogens is 234 g/mol. The third kappa shape index (κ3) is 7.89. The molecule has 0 radical (unpaired) electrons. The van der Waals surface area contributed by atoms with Crippen LogP contribution in [0, 0.1) is 0 Å². The van der Waals surface area contributed by atoms with Crippen LogP contribution in [0.15, 0.2) is 0 Å². The Morgan fingerprint density at radius 1 is 1.28 bits per heavy atom. The Morgan fingerprint density at radius 2 is 1.89 bits per heavy atom. The van der Waals surface area contributed by atoms with Crippen molar-refractivity contribution in [2.75, 3.05) is 33.7 Å². The van der Waals surface area contributed by atoms with E-state index in [1.54, 1.807) is 0 Å². The molecule has 0 spiro atoms. The molecule has 0 aliphatic carbocycles. The zero-order chi connectivity index (χ0) is 14.1. The number of amides is 2. The lowest BCUT2D eigenvalue weighted by molar-refractivity contribution is -0.137. The maximum absolute atomic E-state index is 11.9. The normalized spacial score (nSPS) is 12.3. The first-order valence-corrected chi connectivity index (χ1v) is 6.28. The van der Waals surface area contributed by atoms with Crippen molar-refractivity contribution in [1.82, 2.24) is 15.1 Å². The van der Waals surface area contributed by atoms with Crippen LogP contribution in [-0.4, -0.2) is 66.7 Å². The van der Waals surface area contributed by atoms with Crippen molar-refractivity contribution in [3.63, 3.8) is 0 Å². The van der Waals surface area contributed by atoms with E-state index in [9.17, 15) is 9.59 Å². The number of carbonyl (C=O) groups is 2. The van der Waals surface area contributed by atoms with Gasteiger partial charge in [-0.2, -0.15) is 0 Å². The van der Waals surface area contributed by atoms with Crippen LogP contribution in [0.3, 0.4) is 0 Å². The molecule has 0 aliphatic heterocycles. The Labute approximate surface area is 109 Å². The highest BCUT2D eigenvalue weighted by molar-refractivity contribution is 5.75. The number of hydrogen-bond acceptors (Lipinski definition) is 3. The van der Waals surface area contributed by atoms with Crippen molar-refractivity contribution in [2.24, 2.45) is 0 Å². The monoisotopic (exact) mass is 259 g/mol. The number of carbonyl (C=O) groups excluding carboxylic acids is 1. The molecule has 18 heavy (non-hydrogen) atoms. The van der Waals surface area contributed by atoms with Crippen LogP contribution in [-0.2, 0) is 4.79 Å².